The fraction of sp³-hybridized carbons (Fsp3) is 0.0909. The van der Waals surface area contributed by atoms with E-state index in [9.17, 15) is 4.79 Å². The molecule has 0 fully saturated rings. The SMILES string of the molecule is Cc1nc(-c2cnccn2)ccc1C(=O)O. The molecule has 0 spiro atoms. The van der Waals surface area contributed by atoms with Crippen molar-refractivity contribution in [1.29, 1.82) is 0 Å². The van der Waals surface area contributed by atoms with Crippen molar-refractivity contribution < 1.29 is 9.90 Å². The zero-order valence-electron chi connectivity index (χ0n) is 8.58. The van der Waals surface area contributed by atoms with Crippen LogP contribution in [0.25, 0.3) is 11.4 Å². The third-order valence-electron chi connectivity index (χ3n) is 2.14. The van der Waals surface area contributed by atoms with Crippen LogP contribution in [-0.2, 0) is 0 Å². The van der Waals surface area contributed by atoms with Crippen molar-refractivity contribution in [2.75, 3.05) is 0 Å². The Labute approximate surface area is 91.8 Å². The van der Waals surface area contributed by atoms with Crippen LogP contribution in [0.4, 0.5) is 0 Å². The maximum atomic E-state index is 10.8. The molecule has 2 rings (SSSR count). The first-order valence-electron chi connectivity index (χ1n) is 4.66. The van der Waals surface area contributed by atoms with Crippen molar-refractivity contribution in [3.63, 3.8) is 0 Å². The molecule has 80 valence electrons. The van der Waals surface area contributed by atoms with E-state index in [-0.39, 0.29) is 5.56 Å². The molecule has 5 nitrogen and oxygen atoms in total. The van der Waals surface area contributed by atoms with Gasteiger partial charge in [-0.15, -0.1) is 0 Å². The van der Waals surface area contributed by atoms with Crippen molar-refractivity contribution in [3.05, 3.63) is 42.0 Å². The molecule has 0 aromatic carbocycles. The number of rotatable bonds is 2. The highest BCUT2D eigenvalue weighted by Crippen LogP contribution is 2.15. The largest absolute Gasteiger partial charge is 0.478 e. The van der Waals surface area contributed by atoms with Crippen LogP contribution >= 0.6 is 0 Å². The van der Waals surface area contributed by atoms with Crippen molar-refractivity contribution in [3.8, 4) is 11.4 Å². The molecule has 0 radical (unpaired) electrons. The third-order valence-corrected chi connectivity index (χ3v) is 2.14. The minimum atomic E-state index is -0.976. The summed E-state index contributed by atoms with van der Waals surface area (Å²) in [5, 5.41) is 8.86. The molecular formula is C11H9N3O2. The number of carboxylic acid groups (broad SMARTS) is 1. The van der Waals surface area contributed by atoms with E-state index in [4.69, 9.17) is 5.11 Å². The Kier molecular flexibility index (Phi) is 2.59. The maximum absolute atomic E-state index is 10.8. The Morgan fingerprint density at radius 3 is 2.62 bits per heavy atom. The first-order chi connectivity index (χ1) is 7.68. The van der Waals surface area contributed by atoms with Gasteiger partial charge in [0.05, 0.1) is 23.1 Å². The molecule has 2 aromatic heterocycles. The second-order valence-electron chi connectivity index (χ2n) is 3.23. The Morgan fingerprint density at radius 1 is 1.25 bits per heavy atom. The molecule has 1 N–H and O–H groups in total. The lowest BCUT2D eigenvalue weighted by Crippen LogP contribution is -2.02. The molecule has 0 amide bonds. The predicted octanol–water partition coefficient (Wildman–Crippen LogP) is 1.55. The average molecular weight is 215 g/mol. The molecule has 0 aliphatic heterocycles. The first kappa shape index (κ1) is 10.2. The van der Waals surface area contributed by atoms with Crippen molar-refractivity contribution >= 4 is 5.97 Å². The topological polar surface area (TPSA) is 76.0 Å². The highest BCUT2D eigenvalue weighted by Gasteiger charge is 2.09. The fourth-order valence-corrected chi connectivity index (χ4v) is 1.36. The van der Waals surface area contributed by atoms with E-state index in [1.54, 1.807) is 31.6 Å². The van der Waals surface area contributed by atoms with Crippen molar-refractivity contribution in [2.45, 2.75) is 6.92 Å². The maximum Gasteiger partial charge on any atom is 0.337 e. The van der Waals surface area contributed by atoms with Gasteiger partial charge in [-0.2, -0.15) is 0 Å². The van der Waals surface area contributed by atoms with Gasteiger partial charge in [-0.25, -0.2) is 4.79 Å². The van der Waals surface area contributed by atoms with Gasteiger partial charge in [-0.3, -0.25) is 15.0 Å². The molecule has 2 heterocycles. The second-order valence-corrected chi connectivity index (χ2v) is 3.23. The van der Waals surface area contributed by atoms with E-state index in [0.29, 0.717) is 17.1 Å². The lowest BCUT2D eigenvalue weighted by atomic mass is 10.1. The third kappa shape index (κ3) is 1.88. The van der Waals surface area contributed by atoms with Gasteiger partial charge in [0, 0.05) is 12.4 Å². The second kappa shape index (κ2) is 4.06. The van der Waals surface area contributed by atoms with Crippen LogP contribution < -0.4 is 0 Å². The molecular weight excluding hydrogens is 206 g/mol. The van der Waals surface area contributed by atoms with Gasteiger partial charge >= 0.3 is 5.97 Å². The zero-order valence-corrected chi connectivity index (χ0v) is 8.58. The zero-order chi connectivity index (χ0) is 11.5. The molecule has 0 aliphatic rings. The van der Waals surface area contributed by atoms with Crippen LogP contribution in [0.15, 0.2) is 30.7 Å². The van der Waals surface area contributed by atoms with Gasteiger partial charge in [0.25, 0.3) is 0 Å². The van der Waals surface area contributed by atoms with Gasteiger partial charge in [-0.1, -0.05) is 0 Å². The lowest BCUT2D eigenvalue weighted by molar-refractivity contribution is 0.0695. The molecule has 0 bridgehead atoms. The lowest BCUT2D eigenvalue weighted by Gasteiger charge is -2.03. The normalized spacial score (nSPS) is 10.1. The van der Waals surface area contributed by atoms with Crippen molar-refractivity contribution in [2.24, 2.45) is 0 Å². The number of pyridine rings is 1. The van der Waals surface area contributed by atoms with E-state index in [1.807, 2.05) is 0 Å². The first-order valence-corrected chi connectivity index (χ1v) is 4.66. The minimum absolute atomic E-state index is 0.202. The quantitative estimate of drug-likeness (QED) is 0.822. The summed E-state index contributed by atoms with van der Waals surface area (Å²) in [5.41, 5.74) is 1.92. The van der Waals surface area contributed by atoms with E-state index < -0.39 is 5.97 Å². The summed E-state index contributed by atoms with van der Waals surface area (Å²) in [6.45, 7) is 1.66. The molecule has 16 heavy (non-hydrogen) atoms. The number of aryl methyl sites for hydroxylation is 1. The standard InChI is InChI=1S/C11H9N3O2/c1-7-8(11(15)16)2-3-9(14-7)10-6-12-4-5-13-10/h2-6H,1H3,(H,15,16). The van der Waals surface area contributed by atoms with Gasteiger partial charge < -0.3 is 5.11 Å². The van der Waals surface area contributed by atoms with Gasteiger partial charge in [0.15, 0.2) is 0 Å². The van der Waals surface area contributed by atoms with Gasteiger partial charge in [0.2, 0.25) is 0 Å². The average Bonchev–Trinajstić information content (AvgIpc) is 2.29. The number of carboxylic acids is 1. The van der Waals surface area contributed by atoms with E-state index in [1.165, 1.54) is 6.07 Å². The number of aromatic nitrogens is 3. The van der Waals surface area contributed by atoms with Crippen LogP contribution in [0.5, 0.6) is 0 Å². The van der Waals surface area contributed by atoms with Gasteiger partial charge in [-0.05, 0) is 19.1 Å². The molecule has 0 unspecified atom stereocenters. The van der Waals surface area contributed by atoms with E-state index in [2.05, 4.69) is 15.0 Å². The number of aromatic carboxylic acids is 1. The molecule has 5 heteroatoms. The summed E-state index contributed by atoms with van der Waals surface area (Å²) in [5.74, 6) is -0.976. The van der Waals surface area contributed by atoms with Crippen molar-refractivity contribution in [1.82, 2.24) is 15.0 Å². The number of hydrogen-bond donors (Lipinski definition) is 1. The Balaban J connectivity index is 2.46. The van der Waals surface area contributed by atoms with E-state index in [0.717, 1.165) is 0 Å². The molecule has 2 aromatic rings. The Morgan fingerprint density at radius 2 is 2.06 bits per heavy atom. The predicted molar refractivity (Wildman–Crippen MR) is 57.0 cm³/mol. The van der Waals surface area contributed by atoms with Gasteiger partial charge in [0.1, 0.15) is 5.69 Å². The summed E-state index contributed by atoms with van der Waals surface area (Å²) in [7, 11) is 0. The Hall–Kier alpha value is -2.30. The molecule has 0 aliphatic carbocycles. The highest BCUT2D eigenvalue weighted by atomic mass is 16.4. The smallest absolute Gasteiger partial charge is 0.337 e. The minimum Gasteiger partial charge on any atom is -0.478 e. The van der Waals surface area contributed by atoms with Crippen LogP contribution in [0.2, 0.25) is 0 Å². The molecule has 0 atom stereocenters. The number of nitrogens with zero attached hydrogens (tertiary/aromatic N) is 3. The summed E-state index contributed by atoms with van der Waals surface area (Å²) in [6.07, 6.45) is 4.72. The molecule has 0 saturated heterocycles. The Bertz CT molecular complexity index is 526. The van der Waals surface area contributed by atoms with Crippen LogP contribution in [0.3, 0.4) is 0 Å². The summed E-state index contributed by atoms with van der Waals surface area (Å²) in [6, 6.07) is 3.15. The van der Waals surface area contributed by atoms with Crippen LogP contribution in [0.1, 0.15) is 16.1 Å². The highest BCUT2D eigenvalue weighted by molar-refractivity contribution is 5.89. The monoisotopic (exact) mass is 215 g/mol. The summed E-state index contributed by atoms with van der Waals surface area (Å²) in [4.78, 5) is 23.0. The summed E-state index contributed by atoms with van der Waals surface area (Å²) >= 11 is 0. The van der Waals surface area contributed by atoms with E-state index >= 15 is 0 Å². The summed E-state index contributed by atoms with van der Waals surface area (Å²) < 4.78 is 0. The molecule has 0 saturated carbocycles. The number of hydrogen-bond acceptors (Lipinski definition) is 4. The van der Waals surface area contributed by atoms with Crippen LogP contribution in [0, 0.1) is 6.92 Å². The fourth-order valence-electron chi connectivity index (χ4n) is 1.36. The number of carbonyl (C=O) groups is 1. The van der Waals surface area contributed by atoms with Crippen LogP contribution in [-0.4, -0.2) is 26.0 Å².